The van der Waals surface area contributed by atoms with Crippen molar-refractivity contribution < 1.29 is 0 Å². The van der Waals surface area contributed by atoms with Crippen LogP contribution >= 0.6 is 15.9 Å². The number of aryl methyl sites for hydroxylation is 1. The third-order valence-electron chi connectivity index (χ3n) is 1.55. The van der Waals surface area contributed by atoms with Crippen LogP contribution in [0.1, 0.15) is 18.1 Å². The van der Waals surface area contributed by atoms with E-state index < -0.39 is 0 Å². The van der Waals surface area contributed by atoms with Crippen molar-refractivity contribution in [3.63, 3.8) is 0 Å². The average Bonchev–Trinajstić information content (AvgIpc) is 2.07. The zero-order valence-electron chi connectivity index (χ0n) is 6.39. The maximum Gasteiger partial charge on any atom is 0.0254 e. The molecule has 0 aliphatic carbocycles. The molecule has 0 saturated carbocycles. The summed E-state index contributed by atoms with van der Waals surface area (Å²) in [6, 6.07) is 8.28. The number of benzene rings is 1. The Bertz CT molecular complexity index is 274. The van der Waals surface area contributed by atoms with Crippen molar-refractivity contribution in [3.05, 3.63) is 35.4 Å². The Labute approximate surface area is 75.8 Å². The summed E-state index contributed by atoms with van der Waals surface area (Å²) >= 11 is 3.06. The van der Waals surface area contributed by atoms with Gasteiger partial charge < -0.3 is 0 Å². The molecule has 0 aliphatic rings. The van der Waals surface area contributed by atoms with E-state index in [4.69, 9.17) is 0 Å². The van der Waals surface area contributed by atoms with E-state index in [1.165, 1.54) is 5.56 Å². The molecule has 0 heterocycles. The van der Waals surface area contributed by atoms with Gasteiger partial charge in [-0.25, -0.2) is 0 Å². The van der Waals surface area contributed by atoms with Crippen molar-refractivity contribution in [1.29, 1.82) is 0 Å². The minimum Gasteiger partial charge on any atom is -0.0613 e. The summed E-state index contributed by atoms with van der Waals surface area (Å²) in [4.78, 5) is 2.68. The molecule has 0 aliphatic heterocycles. The number of rotatable bonds is 1. The molecule has 1 heteroatoms. The van der Waals surface area contributed by atoms with Crippen molar-refractivity contribution in [1.82, 2.24) is 0 Å². The summed E-state index contributed by atoms with van der Waals surface area (Å²) in [5.74, 6) is 2.93. The van der Waals surface area contributed by atoms with Gasteiger partial charge in [-0.05, 0) is 28.9 Å². The summed E-state index contributed by atoms with van der Waals surface area (Å²) in [5.41, 5.74) is 2.41. The molecule has 0 N–H and O–H groups in total. The molecule has 11 heavy (non-hydrogen) atoms. The van der Waals surface area contributed by atoms with Crippen molar-refractivity contribution >= 4 is 15.9 Å². The fourth-order valence-electron chi connectivity index (χ4n) is 0.878. The maximum atomic E-state index is 3.06. The maximum absolute atomic E-state index is 3.06. The van der Waals surface area contributed by atoms with Gasteiger partial charge in [0, 0.05) is 21.5 Å². The largest absolute Gasteiger partial charge is 0.0613 e. The molecule has 56 valence electrons. The smallest absolute Gasteiger partial charge is 0.0254 e. The lowest BCUT2D eigenvalue weighted by atomic mass is 10.1. The van der Waals surface area contributed by atoms with Gasteiger partial charge in [0.1, 0.15) is 0 Å². The summed E-state index contributed by atoms with van der Waals surface area (Å²) < 4.78 is 0. The van der Waals surface area contributed by atoms with Gasteiger partial charge in [-0.15, -0.1) is 0 Å². The summed E-state index contributed by atoms with van der Waals surface area (Å²) in [6.07, 6.45) is 1.09. The monoisotopic (exact) mass is 208 g/mol. The fourth-order valence-corrected chi connectivity index (χ4v) is 1.11. The van der Waals surface area contributed by atoms with Gasteiger partial charge in [-0.3, -0.25) is 0 Å². The van der Waals surface area contributed by atoms with E-state index in [0.717, 1.165) is 12.0 Å². The Balaban J connectivity index is 2.88. The second kappa shape index (κ2) is 4.20. The Morgan fingerprint density at radius 2 is 1.91 bits per heavy atom. The first-order valence-electron chi connectivity index (χ1n) is 3.57. The minimum absolute atomic E-state index is 1.05. The van der Waals surface area contributed by atoms with Crippen LogP contribution in [0.3, 0.4) is 0 Å². The molecule has 1 rings (SSSR count). The highest BCUT2D eigenvalue weighted by Gasteiger charge is 1.87. The molecular formula is C10H9Br. The molecule has 1 aromatic rings. The van der Waals surface area contributed by atoms with Crippen molar-refractivity contribution in [2.75, 3.05) is 0 Å². The fraction of sp³-hybridized carbons (Fsp3) is 0.200. The second-order valence-electron chi connectivity index (χ2n) is 2.27. The van der Waals surface area contributed by atoms with Crippen LogP contribution in [-0.4, -0.2) is 0 Å². The van der Waals surface area contributed by atoms with Crippen LogP contribution in [0.25, 0.3) is 0 Å². The Morgan fingerprint density at radius 3 is 2.36 bits per heavy atom. The normalized spacial score (nSPS) is 8.55. The summed E-state index contributed by atoms with van der Waals surface area (Å²) in [6.45, 7) is 2.14. The van der Waals surface area contributed by atoms with Crippen LogP contribution < -0.4 is 0 Å². The zero-order valence-corrected chi connectivity index (χ0v) is 7.98. The molecule has 0 saturated heterocycles. The molecule has 0 fully saturated rings. The second-order valence-corrected chi connectivity index (χ2v) is 2.67. The summed E-state index contributed by atoms with van der Waals surface area (Å²) in [7, 11) is 0. The summed E-state index contributed by atoms with van der Waals surface area (Å²) in [5, 5.41) is 0. The van der Waals surface area contributed by atoms with Crippen molar-refractivity contribution in [2.45, 2.75) is 13.3 Å². The topological polar surface area (TPSA) is 0 Å². The zero-order chi connectivity index (χ0) is 8.10. The van der Waals surface area contributed by atoms with E-state index in [0.29, 0.717) is 0 Å². The van der Waals surface area contributed by atoms with Gasteiger partial charge in [-0.1, -0.05) is 25.0 Å². The first-order chi connectivity index (χ1) is 5.36. The van der Waals surface area contributed by atoms with E-state index >= 15 is 0 Å². The highest BCUT2D eigenvalue weighted by molar-refractivity contribution is 9.12. The van der Waals surface area contributed by atoms with Crippen LogP contribution in [0, 0.1) is 10.8 Å². The van der Waals surface area contributed by atoms with E-state index in [1.807, 2.05) is 12.1 Å². The van der Waals surface area contributed by atoms with Gasteiger partial charge >= 0.3 is 0 Å². The molecule has 0 amide bonds. The highest BCUT2D eigenvalue weighted by Crippen LogP contribution is 2.03. The SMILES string of the molecule is CCc1ccc(C#CBr)cc1. The lowest BCUT2D eigenvalue weighted by Crippen LogP contribution is -1.79. The van der Waals surface area contributed by atoms with Crippen LogP contribution in [-0.2, 0) is 6.42 Å². The quantitative estimate of drug-likeness (QED) is 0.623. The molecule has 0 unspecified atom stereocenters. The van der Waals surface area contributed by atoms with Crippen LogP contribution in [0.2, 0.25) is 0 Å². The molecule has 0 aromatic heterocycles. The first-order valence-corrected chi connectivity index (χ1v) is 4.36. The highest BCUT2D eigenvalue weighted by atomic mass is 79.9. The van der Waals surface area contributed by atoms with Gasteiger partial charge in [-0.2, -0.15) is 0 Å². The van der Waals surface area contributed by atoms with E-state index in [2.05, 4.69) is 45.7 Å². The van der Waals surface area contributed by atoms with Gasteiger partial charge in [0.15, 0.2) is 0 Å². The molecular weight excluding hydrogens is 200 g/mol. The lowest BCUT2D eigenvalue weighted by molar-refractivity contribution is 1.14. The first kappa shape index (κ1) is 8.36. The predicted molar refractivity (Wildman–Crippen MR) is 51.6 cm³/mol. The molecule has 1 aromatic carbocycles. The average molecular weight is 209 g/mol. The Morgan fingerprint density at radius 1 is 1.27 bits per heavy atom. The Hall–Kier alpha value is -0.740. The van der Waals surface area contributed by atoms with E-state index in [9.17, 15) is 0 Å². The van der Waals surface area contributed by atoms with Gasteiger partial charge in [0.2, 0.25) is 0 Å². The molecule has 0 nitrogen and oxygen atoms in total. The van der Waals surface area contributed by atoms with Gasteiger partial charge in [0.05, 0.1) is 0 Å². The van der Waals surface area contributed by atoms with E-state index in [-0.39, 0.29) is 0 Å². The van der Waals surface area contributed by atoms with Gasteiger partial charge in [0.25, 0.3) is 0 Å². The number of hydrogen-bond acceptors (Lipinski definition) is 0. The standard InChI is InChI=1S/C10H9Br/c1-2-9-3-5-10(6-4-9)7-8-11/h3-6H,2H2,1H3. The molecule has 0 bridgehead atoms. The third kappa shape index (κ3) is 2.40. The molecule has 0 radical (unpaired) electrons. The lowest BCUT2D eigenvalue weighted by Gasteiger charge is -1.94. The number of hydrogen-bond donors (Lipinski definition) is 0. The number of halogens is 1. The predicted octanol–water partition coefficient (Wildman–Crippen LogP) is 2.95. The molecule has 0 spiro atoms. The third-order valence-corrected chi connectivity index (χ3v) is 1.75. The molecule has 0 atom stereocenters. The minimum atomic E-state index is 1.05. The van der Waals surface area contributed by atoms with Crippen LogP contribution in [0.4, 0.5) is 0 Å². The Kier molecular flexibility index (Phi) is 3.19. The van der Waals surface area contributed by atoms with Crippen LogP contribution in [0.15, 0.2) is 24.3 Å². The van der Waals surface area contributed by atoms with Crippen molar-refractivity contribution in [3.8, 4) is 10.8 Å². The van der Waals surface area contributed by atoms with Crippen LogP contribution in [0.5, 0.6) is 0 Å². The van der Waals surface area contributed by atoms with E-state index in [1.54, 1.807) is 0 Å². The van der Waals surface area contributed by atoms with Crippen molar-refractivity contribution in [2.24, 2.45) is 0 Å².